The van der Waals surface area contributed by atoms with E-state index in [0.717, 1.165) is 17.7 Å². The SMILES string of the molecule is COc1cc(/C=N\NC(=O)C(=O)Nc2ccc(F)cc2)cc(Cl)c1OCc1ccccc1Cl. The van der Waals surface area contributed by atoms with Crippen molar-refractivity contribution < 1.29 is 23.5 Å². The van der Waals surface area contributed by atoms with Crippen molar-refractivity contribution >= 4 is 46.9 Å². The molecule has 2 N–H and O–H groups in total. The van der Waals surface area contributed by atoms with Crippen LogP contribution < -0.4 is 20.2 Å². The average molecular weight is 490 g/mol. The number of anilines is 1. The second-order valence-corrected chi connectivity index (χ2v) is 7.39. The van der Waals surface area contributed by atoms with Crippen molar-refractivity contribution in [3.63, 3.8) is 0 Å². The second-order valence-electron chi connectivity index (χ2n) is 6.57. The summed E-state index contributed by atoms with van der Waals surface area (Å²) >= 11 is 12.5. The molecule has 170 valence electrons. The van der Waals surface area contributed by atoms with Crippen LogP contribution in [0.1, 0.15) is 11.1 Å². The molecule has 0 aliphatic carbocycles. The smallest absolute Gasteiger partial charge is 0.329 e. The van der Waals surface area contributed by atoms with Gasteiger partial charge in [0.2, 0.25) is 0 Å². The van der Waals surface area contributed by atoms with Gasteiger partial charge in [-0.1, -0.05) is 41.4 Å². The largest absolute Gasteiger partial charge is 0.493 e. The Hall–Kier alpha value is -3.62. The summed E-state index contributed by atoms with van der Waals surface area (Å²) < 4.78 is 24.0. The third kappa shape index (κ3) is 6.68. The topological polar surface area (TPSA) is 89.0 Å². The molecule has 3 aromatic carbocycles. The number of hydrazone groups is 1. The average Bonchev–Trinajstić information content (AvgIpc) is 2.80. The lowest BCUT2D eigenvalue weighted by Gasteiger charge is -2.14. The molecule has 10 heteroatoms. The lowest BCUT2D eigenvalue weighted by Crippen LogP contribution is -2.32. The Bertz CT molecular complexity index is 1190. The summed E-state index contributed by atoms with van der Waals surface area (Å²) in [5.41, 5.74) is 3.64. The Balaban J connectivity index is 1.62. The molecular weight excluding hydrogens is 472 g/mol. The van der Waals surface area contributed by atoms with Crippen LogP contribution in [0.15, 0.2) is 65.8 Å². The van der Waals surface area contributed by atoms with Crippen LogP contribution in [0.2, 0.25) is 10.0 Å². The van der Waals surface area contributed by atoms with Crippen LogP contribution in [-0.4, -0.2) is 25.1 Å². The van der Waals surface area contributed by atoms with Crippen LogP contribution in [0.5, 0.6) is 11.5 Å². The number of ether oxygens (including phenoxy) is 2. The molecule has 0 aromatic heterocycles. The molecule has 3 aromatic rings. The molecule has 0 spiro atoms. The zero-order valence-corrected chi connectivity index (χ0v) is 18.8. The van der Waals surface area contributed by atoms with E-state index in [-0.39, 0.29) is 17.3 Å². The predicted molar refractivity (Wildman–Crippen MR) is 125 cm³/mol. The van der Waals surface area contributed by atoms with Crippen LogP contribution >= 0.6 is 23.2 Å². The van der Waals surface area contributed by atoms with E-state index in [1.54, 1.807) is 18.2 Å². The number of methoxy groups -OCH3 is 1. The number of amides is 2. The second kappa shape index (κ2) is 11.3. The minimum absolute atomic E-state index is 0.183. The molecule has 3 rings (SSSR count). The minimum Gasteiger partial charge on any atom is -0.493 e. The first-order valence-electron chi connectivity index (χ1n) is 9.51. The van der Waals surface area contributed by atoms with Gasteiger partial charge >= 0.3 is 11.8 Å². The fourth-order valence-corrected chi connectivity index (χ4v) is 3.12. The predicted octanol–water partition coefficient (Wildman–Crippen LogP) is 4.81. The summed E-state index contributed by atoms with van der Waals surface area (Å²) in [6.07, 6.45) is 1.29. The molecule has 0 aliphatic heterocycles. The first-order valence-corrected chi connectivity index (χ1v) is 10.3. The van der Waals surface area contributed by atoms with E-state index < -0.39 is 17.6 Å². The fraction of sp³-hybridized carbons (Fsp3) is 0.0870. The van der Waals surface area contributed by atoms with Gasteiger partial charge in [-0.3, -0.25) is 9.59 Å². The summed E-state index contributed by atoms with van der Waals surface area (Å²) in [4.78, 5) is 23.8. The number of rotatable bonds is 7. The zero-order valence-electron chi connectivity index (χ0n) is 17.3. The van der Waals surface area contributed by atoms with Gasteiger partial charge in [0.1, 0.15) is 12.4 Å². The van der Waals surface area contributed by atoms with Crippen molar-refractivity contribution in [3.05, 3.63) is 87.7 Å². The number of carbonyl (C=O) groups is 2. The lowest BCUT2D eigenvalue weighted by atomic mass is 10.2. The highest BCUT2D eigenvalue weighted by Gasteiger charge is 2.14. The third-order valence-electron chi connectivity index (χ3n) is 4.27. The summed E-state index contributed by atoms with van der Waals surface area (Å²) in [7, 11) is 1.45. The molecule has 0 aliphatic rings. The van der Waals surface area contributed by atoms with Gasteiger partial charge in [0.05, 0.1) is 18.3 Å². The number of carbonyl (C=O) groups excluding carboxylic acids is 2. The van der Waals surface area contributed by atoms with E-state index in [9.17, 15) is 14.0 Å². The molecule has 0 atom stereocenters. The Labute approximate surface area is 199 Å². The Morgan fingerprint density at radius 3 is 2.45 bits per heavy atom. The van der Waals surface area contributed by atoms with E-state index in [2.05, 4.69) is 15.8 Å². The maximum atomic E-state index is 12.9. The fourth-order valence-electron chi connectivity index (χ4n) is 2.66. The molecule has 0 radical (unpaired) electrons. The van der Waals surface area contributed by atoms with Gasteiger partial charge in [-0.2, -0.15) is 5.10 Å². The molecule has 0 fully saturated rings. The maximum Gasteiger partial charge on any atom is 0.329 e. The van der Waals surface area contributed by atoms with Gasteiger partial charge in [0.15, 0.2) is 11.5 Å². The van der Waals surface area contributed by atoms with Crippen molar-refractivity contribution in [2.45, 2.75) is 6.61 Å². The van der Waals surface area contributed by atoms with Crippen LogP contribution in [0.3, 0.4) is 0 Å². The quantitative estimate of drug-likeness (QED) is 0.283. The van der Waals surface area contributed by atoms with Crippen molar-refractivity contribution in [1.29, 1.82) is 0 Å². The van der Waals surface area contributed by atoms with E-state index in [4.69, 9.17) is 32.7 Å². The van der Waals surface area contributed by atoms with E-state index in [0.29, 0.717) is 22.1 Å². The molecular formula is C23H18Cl2FN3O4. The van der Waals surface area contributed by atoms with Crippen molar-refractivity contribution in [1.82, 2.24) is 5.43 Å². The standard InChI is InChI=1S/C23H18Cl2FN3O4/c1-32-20-11-14(10-19(25)21(20)33-13-15-4-2-3-5-18(15)24)12-27-29-23(31)22(30)28-17-8-6-16(26)7-9-17/h2-12H,13H2,1H3,(H,28,30)(H,29,31)/b27-12-. The normalized spacial score (nSPS) is 10.7. The zero-order chi connectivity index (χ0) is 23.8. The number of benzene rings is 3. The van der Waals surface area contributed by atoms with Crippen LogP contribution in [0.25, 0.3) is 0 Å². The van der Waals surface area contributed by atoms with Gasteiger partial charge in [-0.25, -0.2) is 9.82 Å². The summed E-state index contributed by atoms with van der Waals surface area (Å²) in [5.74, 6) is -1.77. The summed E-state index contributed by atoms with van der Waals surface area (Å²) in [5, 5.41) is 6.90. The Morgan fingerprint density at radius 2 is 1.76 bits per heavy atom. The van der Waals surface area contributed by atoms with E-state index in [1.165, 1.54) is 25.5 Å². The van der Waals surface area contributed by atoms with Gasteiger partial charge in [-0.05, 0) is 48.0 Å². The van der Waals surface area contributed by atoms with Crippen LogP contribution in [0, 0.1) is 5.82 Å². The van der Waals surface area contributed by atoms with Crippen LogP contribution in [0.4, 0.5) is 10.1 Å². The monoisotopic (exact) mass is 489 g/mol. The maximum absolute atomic E-state index is 12.9. The van der Waals surface area contributed by atoms with Gasteiger partial charge in [0.25, 0.3) is 0 Å². The number of nitrogens with one attached hydrogen (secondary N) is 2. The highest BCUT2D eigenvalue weighted by Crippen LogP contribution is 2.37. The highest BCUT2D eigenvalue weighted by molar-refractivity contribution is 6.39. The van der Waals surface area contributed by atoms with Crippen molar-refractivity contribution in [2.75, 3.05) is 12.4 Å². The third-order valence-corrected chi connectivity index (χ3v) is 4.92. The van der Waals surface area contributed by atoms with Gasteiger partial charge in [-0.15, -0.1) is 0 Å². The molecule has 0 saturated carbocycles. The molecule has 0 unspecified atom stereocenters. The van der Waals surface area contributed by atoms with Crippen LogP contribution in [-0.2, 0) is 16.2 Å². The van der Waals surface area contributed by atoms with Crippen molar-refractivity contribution in [3.8, 4) is 11.5 Å². The summed E-state index contributed by atoms with van der Waals surface area (Å²) in [6, 6.07) is 15.4. The first kappa shape index (κ1) is 24.0. The number of hydrogen-bond acceptors (Lipinski definition) is 5. The number of halogens is 3. The Morgan fingerprint density at radius 1 is 1.03 bits per heavy atom. The number of nitrogens with zero attached hydrogens (tertiary/aromatic N) is 1. The molecule has 33 heavy (non-hydrogen) atoms. The van der Waals surface area contributed by atoms with Gasteiger partial charge < -0.3 is 14.8 Å². The Kier molecular flexibility index (Phi) is 8.23. The minimum atomic E-state index is -1.01. The lowest BCUT2D eigenvalue weighted by molar-refractivity contribution is -0.136. The molecule has 7 nitrogen and oxygen atoms in total. The molecule has 0 saturated heterocycles. The summed E-state index contributed by atoms with van der Waals surface area (Å²) in [6.45, 7) is 0.183. The molecule has 0 bridgehead atoms. The van der Waals surface area contributed by atoms with Crippen molar-refractivity contribution in [2.24, 2.45) is 5.10 Å². The van der Waals surface area contributed by atoms with E-state index in [1.807, 2.05) is 18.2 Å². The molecule has 0 heterocycles. The highest BCUT2D eigenvalue weighted by atomic mass is 35.5. The number of hydrogen-bond donors (Lipinski definition) is 2. The molecule has 2 amide bonds. The first-order chi connectivity index (χ1) is 15.9. The van der Waals surface area contributed by atoms with E-state index >= 15 is 0 Å². The van der Waals surface area contributed by atoms with Gasteiger partial charge in [0, 0.05) is 16.3 Å².